The second kappa shape index (κ2) is 7.14. The predicted molar refractivity (Wildman–Crippen MR) is 103 cm³/mol. The molecule has 0 radical (unpaired) electrons. The summed E-state index contributed by atoms with van der Waals surface area (Å²) in [5.41, 5.74) is 3.07. The molecule has 0 N–H and O–H groups in total. The minimum atomic E-state index is -0.457. The van der Waals surface area contributed by atoms with E-state index in [2.05, 4.69) is 49.3 Å². The van der Waals surface area contributed by atoms with Crippen LogP contribution in [0.5, 0.6) is 0 Å². The predicted octanol–water partition coefficient (Wildman–Crippen LogP) is 4.54. The molecule has 1 aliphatic rings. The third kappa shape index (κ3) is 4.09. The zero-order chi connectivity index (χ0) is 18.9. The molecule has 1 saturated heterocycles. The van der Waals surface area contributed by atoms with Crippen LogP contribution < -0.4 is 0 Å². The molecule has 0 aliphatic carbocycles. The Labute approximate surface area is 156 Å². The number of nitrogens with zero attached hydrogens (tertiary/aromatic N) is 3. The monoisotopic (exact) mass is 355 g/mol. The normalized spacial score (nSPS) is 20.9. The van der Waals surface area contributed by atoms with Gasteiger partial charge in [0, 0.05) is 30.9 Å². The van der Waals surface area contributed by atoms with Gasteiger partial charge in [0.25, 0.3) is 0 Å². The molecule has 1 fully saturated rings. The van der Waals surface area contributed by atoms with E-state index in [0.29, 0.717) is 24.9 Å². The van der Waals surface area contributed by atoms with Crippen LogP contribution in [0.4, 0.5) is 4.79 Å². The number of likely N-dealkylation sites (tertiary alicyclic amines) is 1. The van der Waals surface area contributed by atoms with E-state index in [1.807, 2.05) is 36.5 Å². The van der Waals surface area contributed by atoms with Crippen molar-refractivity contribution >= 4 is 6.09 Å². The van der Waals surface area contributed by atoms with Crippen molar-refractivity contribution in [2.75, 3.05) is 13.1 Å². The molecular weight excluding hydrogens is 326 g/mol. The van der Waals surface area contributed by atoms with Crippen LogP contribution in [0.25, 0.3) is 5.69 Å². The van der Waals surface area contributed by atoms with Gasteiger partial charge in [-0.2, -0.15) is 5.10 Å². The van der Waals surface area contributed by atoms with E-state index < -0.39 is 5.60 Å². The number of ether oxygens (including phenoxy) is 1. The zero-order valence-corrected chi connectivity index (χ0v) is 16.4. The van der Waals surface area contributed by atoms with Crippen LogP contribution in [0.2, 0.25) is 0 Å². The quantitative estimate of drug-likeness (QED) is 0.794. The summed E-state index contributed by atoms with van der Waals surface area (Å²) in [6.07, 6.45) is 2.56. The maximum absolute atomic E-state index is 12.4. The smallest absolute Gasteiger partial charge is 0.410 e. The van der Waals surface area contributed by atoms with E-state index in [4.69, 9.17) is 4.74 Å². The van der Waals surface area contributed by atoms with E-state index >= 15 is 0 Å². The molecular formula is C21H29N3O2. The first-order chi connectivity index (χ1) is 12.2. The summed E-state index contributed by atoms with van der Waals surface area (Å²) >= 11 is 0. The summed E-state index contributed by atoms with van der Waals surface area (Å²) in [5, 5.41) is 4.54. The molecule has 1 aliphatic heterocycles. The number of amides is 1. The van der Waals surface area contributed by atoms with Crippen molar-refractivity contribution in [2.45, 2.75) is 52.6 Å². The largest absolute Gasteiger partial charge is 0.444 e. The number of hydrogen-bond donors (Lipinski definition) is 0. The average molecular weight is 355 g/mol. The first-order valence-electron chi connectivity index (χ1n) is 9.33. The average Bonchev–Trinajstić information content (AvgIpc) is 3.03. The molecule has 1 aromatic carbocycles. The molecule has 140 valence electrons. The third-order valence-electron chi connectivity index (χ3n) is 4.89. The Morgan fingerprint density at radius 3 is 2.50 bits per heavy atom. The second-order valence-electron chi connectivity index (χ2n) is 8.30. The van der Waals surface area contributed by atoms with Gasteiger partial charge in [-0.3, -0.25) is 0 Å². The number of carbonyl (C=O) groups excluding carboxylic acids is 1. The molecule has 5 heteroatoms. The third-order valence-corrected chi connectivity index (χ3v) is 4.89. The minimum absolute atomic E-state index is 0.213. The maximum Gasteiger partial charge on any atom is 0.410 e. The number of aryl methyl sites for hydroxylation is 1. The van der Waals surface area contributed by atoms with Gasteiger partial charge in [-0.05, 0) is 58.2 Å². The van der Waals surface area contributed by atoms with Gasteiger partial charge in [-0.15, -0.1) is 0 Å². The maximum atomic E-state index is 12.4. The summed E-state index contributed by atoms with van der Waals surface area (Å²) in [4.78, 5) is 14.2. The van der Waals surface area contributed by atoms with Crippen LogP contribution in [-0.4, -0.2) is 39.5 Å². The molecule has 1 amide bonds. The van der Waals surface area contributed by atoms with Crippen LogP contribution in [0.3, 0.4) is 0 Å². The van der Waals surface area contributed by atoms with E-state index in [1.165, 1.54) is 11.3 Å². The number of carbonyl (C=O) groups is 1. The molecule has 2 atom stereocenters. The van der Waals surface area contributed by atoms with Crippen LogP contribution in [0, 0.1) is 12.8 Å². The van der Waals surface area contributed by atoms with E-state index in [0.717, 1.165) is 12.1 Å². The lowest BCUT2D eigenvalue weighted by Gasteiger charge is -2.37. The first-order valence-corrected chi connectivity index (χ1v) is 9.33. The van der Waals surface area contributed by atoms with Gasteiger partial charge in [0.2, 0.25) is 0 Å². The van der Waals surface area contributed by atoms with Crippen molar-refractivity contribution in [2.24, 2.45) is 5.92 Å². The standard InChI is InChI=1S/C21H29N3O2/c1-15-6-8-17(9-7-15)24-19(10-12-22-24)18-11-13-23(14-16(18)2)20(25)26-21(3,4)5/h6-10,12,16,18H,11,13-14H2,1-5H3. The van der Waals surface area contributed by atoms with Crippen molar-refractivity contribution in [1.82, 2.24) is 14.7 Å². The van der Waals surface area contributed by atoms with Gasteiger partial charge < -0.3 is 9.64 Å². The summed E-state index contributed by atoms with van der Waals surface area (Å²) in [7, 11) is 0. The highest BCUT2D eigenvalue weighted by Crippen LogP contribution is 2.34. The van der Waals surface area contributed by atoms with Gasteiger partial charge in [0.15, 0.2) is 0 Å². The number of benzene rings is 1. The Morgan fingerprint density at radius 2 is 1.88 bits per heavy atom. The van der Waals surface area contributed by atoms with Crippen molar-refractivity contribution in [3.8, 4) is 5.69 Å². The molecule has 26 heavy (non-hydrogen) atoms. The lowest BCUT2D eigenvalue weighted by Crippen LogP contribution is -2.44. The molecule has 1 aromatic heterocycles. The molecule has 0 spiro atoms. The summed E-state index contributed by atoms with van der Waals surface area (Å²) in [6, 6.07) is 10.5. The van der Waals surface area contributed by atoms with E-state index in [1.54, 1.807) is 0 Å². The highest BCUT2D eigenvalue weighted by atomic mass is 16.6. The van der Waals surface area contributed by atoms with Gasteiger partial charge in [-0.25, -0.2) is 9.48 Å². The number of piperidine rings is 1. The van der Waals surface area contributed by atoms with Gasteiger partial charge >= 0.3 is 6.09 Å². The van der Waals surface area contributed by atoms with Crippen molar-refractivity contribution in [1.29, 1.82) is 0 Å². The molecule has 0 saturated carbocycles. The molecule has 2 heterocycles. The fraction of sp³-hybridized carbons (Fsp3) is 0.524. The zero-order valence-electron chi connectivity index (χ0n) is 16.4. The fourth-order valence-electron chi connectivity index (χ4n) is 3.57. The molecule has 0 bridgehead atoms. The van der Waals surface area contributed by atoms with Gasteiger partial charge in [0.05, 0.1) is 5.69 Å². The highest BCUT2D eigenvalue weighted by Gasteiger charge is 2.33. The topological polar surface area (TPSA) is 47.4 Å². The van der Waals surface area contributed by atoms with Crippen LogP contribution >= 0.6 is 0 Å². The minimum Gasteiger partial charge on any atom is -0.444 e. The molecule has 3 rings (SSSR count). The Bertz CT molecular complexity index is 758. The number of rotatable bonds is 2. The van der Waals surface area contributed by atoms with Gasteiger partial charge in [0.1, 0.15) is 5.60 Å². The van der Waals surface area contributed by atoms with Crippen molar-refractivity contribution in [3.05, 3.63) is 47.8 Å². The van der Waals surface area contributed by atoms with Gasteiger partial charge in [-0.1, -0.05) is 24.6 Å². The Morgan fingerprint density at radius 1 is 1.19 bits per heavy atom. The highest BCUT2D eigenvalue weighted by molar-refractivity contribution is 5.68. The Balaban J connectivity index is 1.74. The summed E-state index contributed by atoms with van der Waals surface area (Å²) in [5.74, 6) is 0.717. The lowest BCUT2D eigenvalue weighted by molar-refractivity contribution is 0.0153. The van der Waals surface area contributed by atoms with E-state index in [-0.39, 0.29) is 6.09 Å². The van der Waals surface area contributed by atoms with Crippen LogP contribution in [0.1, 0.15) is 51.3 Å². The number of aromatic nitrogens is 2. The second-order valence-corrected chi connectivity index (χ2v) is 8.30. The summed E-state index contributed by atoms with van der Waals surface area (Å²) < 4.78 is 7.56. The fourth-order valence-corrected chi connectivity index (χ4v) is 3.57. The van der Waals surface area contributed by atoms with Crippen LogP contribution in [0.15, 0.2) is 36.5 Å². The molecule has 5 nitrogen and oxygen atoms in total. The van der Waals surface area contributed by atoms with Crippen LogP contribution in [-0.2, 0) is 4.74 Å². The first kappa shape index (κ1) is 18.5. The molecule has 2 aromatic rings. The lowest BCUT2D eigenvalue weighted by atomic mass is 9.84. The Hall–Kier alpha value is -2.30. The SMILES string of the molecule is Cc1ccc(-n2nccc2C2CCN(C(=O)OC(C)(C)C)CC2C)cc1. The summed E-state index contributed by atoms with van der Waals surface area (Å²) in [6.45, 7) is 11.4. The van der Waals surface area contributed by atoms with E-state index in [9.17, 15) is 4.79 Å². The molecule has 2 unspecified atom stereocenters. The Kier molecular flexibility index (Phi) is 5.08. The van der Waals surface area contributed by atoms with Crippen molar-refractivity contribution in [3.63, 3.8) is 0 Å². The number of hydrogen-bond acceptors (Lipinski definition) is 3. The van der Waals surface area contributed by atoms with Crippen molar-refractivity contribution < 1.29 is 9.53 Å².